The monoisotopic (exact) mass is 249 g/mol. The van der Waals surface area contributed by atoms with Crippen LogP contribution in [0, 0.1) is 0 Å². The summed E-state index contributed by atoms with van der Waals surface area (Å²) < 4.78 is 5.75. The molecule has 0 bridgehead atoms. The van der Waals surface area contributed by atoms with Gasteiger partial charge in [0.25, 0.3) is 0 Å². The third kappa shape index (κ3) is 1.75. The van der Waals surface area contributed by atoms with Crippen molar-refractivity contribution in [3.8, 4) is 0 Å². The van der Waals surface area contributed by atoms with E-state index in [9.17, 15) is 0 Å². The zero-order valence-electron chi connectivity index (χ0n) is 10.7. The molecule has 0 saturated heterocycles. The summed E-state index contributed by atoms with van der Waals surface area (Å²) in [6, 6.07) is 17.2. The maximum atomic E-state index is 5.75. The maximum absolute atomic E-state index is 5.75. The number of aliphatic imine (C=N–C) groups is 1. The number of benzene rings is 2. The molecule has 1 heterocycles. The number of hydrogen-bond acceptors (Lipinski definition) is 2. The fraction of sp³-hybridized carbons (Fsp3) is 0.235. The van der Waals surface area contributed by atoms with Gasteiger partial charge in [0.1, 0.15) is 6.61 Å². The smallest absolute Gasteiger partial charge is 0.217 e. The third-order valence-electron chi connectivity index (χ3n) is 3.99. The Balaban J connectivity index is 1.72. The largest absolute Gasteiger partial charge is 0.473 e. The lowest BCUT2D eigenvalue weighted by atomic mass is 10.1. The zero-order valence-corrected chi connectivity index (χ0v) is 10.7. The lowest BCUT2D eigenvalue weighted by Gasteiger charge is -2.07. The molecule has 1 aliphatic carbocycles. The van der Waals surface area contributed by atoms with Crippen LogP contribution < -0.4 is 0 Å². The fourth-order valence-electron chi connectivity index (χ4n) is 3.00. The Labute approximate surface area is 112 Å². The molecule has 2 nitrogen and oxygen atoms in total. The minimum Gasteiger partial charge on any atom is -0.473 e. The molecular formula is C17H15NO. The Hall–Kier alpha value is -2.09. The standard InChI is InChI=1S/C17H15NO/c1-3-7-14-12(5-1)9-10-16(14)18-17-15-8-4-2-6-13(15)11-19-17/h1-8,16H,9-11H2/t16-/m1/s1. The van der Waals surface area contributed by atoms with Gasteiger partial charge in [-0.15, -0.1) is 0 Å². The van der Waals surface area contributed by atoms with Gasteiger partial charge in [0.2, 0.25) is 5.90 Å². The van der Waals surface area contributed by atoms with Crippen LogP contribution in [0.15, 0.2) is 53.5 Å². The topological polar surface area (TPSA) is 21.6 Å². The lowest BCUT2D eigenvalue weighted by Crippen LogP contribution is -2.01. The maximum Gasteiger partial charge on any atom is 0.217 e. The van der Waals surface area contributed by atoms with Crippen molar-refractivity contribution in [1.29, 1.82) is 0 Å². The lowest BCUT2D eigenvalue weighted by molar-refractivity contribution is 0.309. The van der Waals surface area contributed by atoms with Crippen LogP contribution in [-0.4, -0.2) is 5.90 Å². The van der Waals surface area contributed by atoms with E-state index >= 15 is 0 Å². The summed E-state index contributed by atoms with van der Waals surface area (Å²) in [5, 5.41) is 0. The number of hydrogen-bond donors (Lipinski definition) is 0. The van der Waals surface area contributed by atoms with E-state index in [1.54, 1.807) is 0 Å². The minimum atomic E-state index is 0.261. The van der Waals surface area contributed by atoms with Crippen LogP contribution in [0.25, 0.3) is 0 Å². The quantitative estimate of drug-likeness (QED) is 0.756. The number of rotatable bonds is 1. The molecule has 94 valence electrons. The summed E-state index contributed by atoms with van der Waals surface area (Å²) in [7, 11) is 0. The highest BCUT2D eigenvalue weighted by Crippen LogP contribution is 2.35. The van der Waals surface area contributed by atoms with Crippen LogP contribution >= 0.6 is 0 Å². The molecule has 2 heteroatoms. The van der Waals surface area contributed by atoms with Gasteiger partial charge in [-0.2, -0.15) is 0 Å². The molecule has 0 saturated carbocycles. The first kappa shape index (κ1) is 10.8. The summed E-state index contributed by atoms with van der Waals surface area (Å²) in [5.74, 6) is 0.817. The van der Waals surface area contributed by atoms with Gasteiger partial charge in [-0.3, -0.25) is 0 Å². The summed E-state index contributed by atoms with van der Waals surface area (Å²) >= 11 is 0. The third-order valence-corrected chi connectivity index (χ3v) is 3.99. The number of ether oxygens (including phenoxy) is 1. The minimum absolute atomic E-state index is 0.261. The van der Waals surface area contributed by atoms with E-state index in [-0.39, 0.29) is 6.04 Å². The van der Waals surface area contributed by atoms with E-state index in [1.807, 2.05) is 6.07 Å². The molecule has 0 aromatic heterocycles. The highest BCUT2D eigenvalue weighted by atomic mass is 16.5. The van der Waals surface area contributed by atoms with Gasteiger partial charge in [0, 0.05) is 11.1 Å². The first-order valence-electron chi connectivity index (χ1n) is 6.78. The number of aryl methyl sites for hydroxylation is 1. The van der Waals surface area contributed by atoms with Crippen molar-refractivity contribution in [1.82, 2.24) is 0 Å². The van der Waals surface area contributed by atoms with Crippen LogP contribution in [0.1, 0.15) is 34.7 Å². The van der Waals surface area contributed by atoms with Crippen molar-refractivity contribution in [2.45, 2.75) is 25.5 Å². The fourth-order valence-corrected chi connectivity index (χ4v) is 3.00. The summed E-state index contributed by atoms with van der Waals surface area (Å²) in [6.45, 7) is 0.656. The average Bonchev–Trinajstić information content (AvgIpc) is 3.05. The summed E-state index contributed by atoms with van der Waals surface area (Å²) in [5.41, 5.74) is 5.20. The molecule has 4 rings (SSSR count). The van der Waals surface area contributed by atoms with E-state index in [0.29, 0.717) is 6.61 Å². The summed E-state index contributed by atoms with van der Waals surface area (Å²) in [4.78, 5) is 4.85. The zero-order chi connectivity index (χ0) is 12.7. The van der Waals surface area contributed by atoms with Crippen molar-refractivity contribution in [3.63, 3.8) is 0 Å². The molecule has 0 fully saturated rings. The van der Waals surface area contributed by atoms with Gasteiger partial charge in [-0.05, 0) is 30.0 Å². The van der Waals surface area contributed by atoms with E-state index in [1.165, 1.54) is 16.7 Å². The van der Waals surface area contributed by atoms with Crippen molar-refractivity contribution in [2.24, 2.45) is 4.99 Å². The Kier molecular flexibility index (Phi) is 2.41. The molecule has 2 aromatic carbocycles. The second-order valence-electron chi connectivity index (χ2n) is 5.13. The highest BCUT2D eigenvalue weighted by molar-refractivity contribution is 5.97. The SMILES string of the molecule is c1ccc2c(c1)COC2=N[C@@H]1CCc2ccccc21. The van der Waals surface area contributed by atoms with Crippen molar-refractivity contribution in [2.75, 3.05) is 0 Å². The van der Waals surface area contributed by atoms with Gasteiger partial charge < -0.3 is 4.74 Å². The predicted octanol–water partition coefficient (Wildman–Crippen LogP) is 3.65. The van der Waals surface area contributed by atoms with Crippen LogP contribution in [-0.2, 0) is 17.8 Å². The molecule has 0 N–H and O–H groups in total. The molecule has 0 spiro atoms. The molecule has 2 aliphatic rings. The van der Waals surface area contributed by atoms with Crippen LogP contribution in [0.5, 0.6) is 0 Å². The molecule has 1 atom stereocenters. The Morgan fingerprint density at radius 3 is 2.68 bits per heavy atom. The Morgan fingerprint density at radius 2 is 1.74 bits per heavy atom. The van der Waals surface area contributed by atoms with E-state index < -0.39 is 0 Å². The molecule has 1 aliphatic heterocycles. The van der Waals surface area contributed by atoms with Gasteiger partial charge in [-0.25, -0.2) is 4.99 Å². The molecular weight excluding hydrogens is 234 g/mol. The van der Waals surface area contributed by atoms with E-state index in [4.69, 9.17) is 9.73 Å². The van der Waals surface area contributed by atoms with Crippen LogP contribution in [0.3, 0.4) is 0 Å². The van der Waals surface area contributed by atoms with Crippen LogP contribution in [0.4, 0.5) is 0 Å². The van der Waals surface area contributed by atoms with Gasteiger partial charge in [0.05, 0.1) is 6.04 Å². The molecule has 0 amide bonds. The molecule has 2 aromatic rings. The number of nitrogens with zero attached hydrogens (tertiary/aromatic N) is 1. The highest BCUT2D eigenvalue weighted by Gasteiger charge is 2.25. The Morgan fingerprint density at radius 1 is 0.947 bits per heavy atom. The second-order valence-corrected chi connectivity index (χ2v) is 5.13. The van der Waals surface area contributed by atoms with E-state index in [2.05, 4.69) is 42.5 Å². The first-order valence-corrected chi connectivity index (χ1v) is 6.78. The Bertz CT molecular complexity index is 660. The van der Waals surface area contributed by atoms with Crippen molar-refractivity contribution < 1.29 is 4.74 Å². The molecule has 0 radical (unpaired) electrons. The summed E-state index contributed by atoms with van der Waals surface area (Å²) in [6.07, 6.45) is 2.22. The van der Waals surface area contributed by atoms with Gasteiger partial charge >= 0.3 is 0 Å². The predicted molar refractivity (Wildman–Crippen MR) is 75.3 cm³/mol. The van der Waals surface area contributed by atoms with E-state index in [0.717, 1.165) is 24.3 Å². The normalized spacial score (nSPS) is 22.1. The van der Waals surface area contributed by atoms with Crippen LogP contribution in [0.2, 0.25) is 0 Å². The average molecular weight is 249 g/mol. The second kappa shape index (κ2) is 4.23. The molecule has 19 heavy (non-hydrogen) atoms. The first-order chi connectivity index (χ1) is 9.42. The molecule has 0 unspecified atom stereocenters. The van der Waals surface area contributed by atoms with Gasteiger partial charge in [0.15, 0.2) is 0 Å². The number of fused-ring (bicyclic) bond motifs is 2. The van der Waals surface area contributed by atoms with Gasteiger partial charge in [-0.1, -0.05) is 42.5 Å². The van der Waals surface area contributed by atoms with Crippen molar-refractivity contribution >= 4 is 5.90 Å². The van der Waals surface area contributed by atoms with Crippen molar-refractivity contribution in [3.05, 3.63) is 70.8 Å².